The summed E-state index contributed by atoms with van der Waals surface area (Å²) in [6.45, 7) is 2.09. The monoisotopic (exact) mass is 264 g/mol. The number of aryl methyl sites for hydroxylation is 1. The Hall–Kier alpha value is -2.01. The number of ether oxygens (including phenoxy) is 1. The van der Waals surface area contributed by atoms with Crippen LogP contribution in [0.3, 0.4) is 0 Å². The van der Waals surface area contributed by atoms with E-state index in [2.05, 4.69) is 4.98 Å². The van der Waals surface area contributed by atoms with Gasteiger partial charge in [0.2, 0.25) is 0 Å². The molecular weight excluding hydrogens is 250 g/mol. The molecule has 0 aliphatic rings. The molecule has 1 aromatic heterocycles. The highest BCUT2D eigenvalue weighted by Crippen LogP contribution is 2.19. The molecule has 2 aromatic rings. The molecule has 1 aromatic carbocycles. The van der Waals surface area contributed by atoms with Gasteiger partial charge in [0.15, 0.2) is 0 Å². The van der Waals surface area contributed by atoms with Crippen LogP contribution in [0.2, 0.25) is 0 Å². The van der Waals surface area contributed by atoms with Crippen molar-refractivity contribution in [1.82, 2.24) is 4.98 Å². The minimum absolute atomic E-state index is 0.00382. The molecule has 0 saturated carbocycles. The van der Waals surface area contributed by atoms with E-state index in [9.17, 15) is 8.78 Å². The lowest BCUT2D eigenvalue weighted by Gasteiger charge is -2.11. The van der Waals surface area contributed by atoms with Gasteiger partial charge >= 0.3 is 0 Å². The van der Waals surface area contributed by atoms with Gasteiger partial charge in [-0.1, -0.05) is 0 Å². The van der Waals surface area contributed by atoms with Crippen molar-refractivity contribution in [2.24, 2.45) is 5.73 Å². The van der Waals surface area contributed by atoms with E-state index in [4.69, 9.17) is 10.5 Å². The fourth-order valence-corrected chi connectivity index (χ4v) is 1.67. The van der Waals surface area contributed by atoms with Crippen LogP contribution in [-0.2, 0) is 13.2 Å². The molecule has 0 radical (unpaired) electrons. The highest BCUT2D eigenvalue weighted by molar-refractivity contribution is 5.29. The van der Waals surface area contributed by atoms with Crippen LogP contribution in [0.15, 0.2) is 30.3 Å². The molecule has 2 N–H and O–H groups in total. The van der Waals surface area contributed by atoms with Gasteiger partial charge in [0.25, 0.3) is 0 Å². The zero-order valence-corrected chi connectivity index (χ0v) is 10.5. The van der Waals surface area contributed by atoms with Gasteiger partial charge in [0, 0.05) is 23.9 Å². The van der Waals surface area contributed by atoms with Gasteiger partial charge in [-0.15, -0.1) is 0 Å². The second-order valence-electron chi connectivity index (χ2n) is 4.13. The van der Waals surface area contributed by atoms with Crippen LogP contribution < -0.4 is 10.5 Å². The van der Waals surface area contributed by atoms with E-state index in [1.165, 1.54) is 12.1 Å². The van der Waals surface area contributed by atoms with Gasteiger partial charge in [-0.05, 0) is 31.2 Å². The van der Waals surface area contributed by atoms with Gasteiger partial charge in [-0.25, -0.2) is 8.78 Å². The summed E-state index contributed by atoms with van der Waals surface area (Å²) in [6.07, 6.45) is 0. The molecule has 0 fully saturated rings. The third-order valence-corrected chi connectivity index (χ3v) is 2.66. The fraction of sp³-hybridized carbons (Fsp3) is 0.214. The highest BCUT2D eigenvalue weighted by atomic mass is 19.1. The van der Waals surface area contributed by atoms with Gasteiger partial charge in [0.05, 0.1) is 5.69 Å². The van der Waals surface area contributed by atoms with E-state index in [0.717, 1.165) is 11.8 Å². The van der Waals surface area contributed by atoms with Crippen LogP contribution in [0.5, 0.6) is 5.75 Å². The number of nitrogens with zero attached hydrogens (tertiary/aromatic N) is 1. The Morgan fingerprint density at radius 1 is 1.21 bits per heavy atom. The lowest BCUT2D eigenvalue weighted by atomic mass is 10.2. The Balaban J connectivity index is 2.14. The average Bonchev–Trinajstić information content (AvgIpc) is 2.39. The maximum absolute atomic E-state index is 13.4. The first-order valence-corrected chi connectivity index (χ1v) is 5.83. The quantitative estimate of drug-likeness (QED) is 0.923. The van der Waals surface area contributed by atoms with Crippen LogP contribution in [0.1, 0.15) is 17.0 Å². The Labute approximate surface area is 110 Å². The van der Waals surface area contributed by atoms with Crippen LogP contribution >= 0.6 is 0 Å². The topological polar surface area (TPSA) is 48.1 Å². The van der Waals surface area contributed by atoms with E-state index in [-0.39, 0.29) is 18.7 Å². The zero-order valence-electron chi connectivity index (χ0n) is 10.5. The summed E-state index contributed by atoms with van der Waals surface area (Å²) in [5.41, 5.74) is 7.30. The number of rotatable bonds is 4. The Bertz CT molecular complexity index is 588. The molecule has 0 bridgehead atoms. The summed E-state index contributed by atoms with van der Waals surface area (Å²) in [5.74, 6) is -0.730. The summed E-state index contributed by atoms with van der Waals surface area (Å²) < 4.78 is 31.7. The first kappa shape index (κ1) is 13.4. The summed E-state index contributed by atoms with van der Waals surface area (Å²) in [6, 6.07) is 6.91. The molecule has 100 valence electrons. The van der Waals surface area contributed by atoms with Crippen LogP contribution in [0.25, 0.3) is 0 Å². The van der Waals surface area contributed by atoms with Crippen molar-refractivity contribution in [1.29, 1.82) is 0 Å². The molecule has 1 heterocycles. The predicted octanol–water partition coefficient (Wildman–Crippen LogP) is 2.71. The third-order valence-electron chi connectivity index (χ3n) is 2.66. The predicted molar refractivity (Wildman–Crippen MR) is 67.6 cm³/mol. The molecule has 5 heteroatoms. The SMILES string of the molecule is Cc1ccc(OCc2ccc(F)cc2F)c(CN)n1. The lowest BCUT2D eigenvalue weighted by Crippen LogP contribution is -2.06. The van der Waals surface area contributed by atoms with Gasteiger partial charge < -0.3 is 10.5 Å². The van der Waals surface area contributed by atoms with Crippen LogP contribution in [0.4, 0.5) is 8.78 Å². The van der Waals surface area contributed by atoms with Crippen molar-refractivity contribution in [2.75, 3.05) is 0 Å². The fourth-order valence-electron chi connectivity index (χ4n) is 1.67. The van der Waals surface area contributed by atoms with Gasteiger partial charge in [-0.3, -0.25) is 4.98 Å². The molecule has 0 aliphatic heterocycles. The molecule has 0 spiro atoms. The van der Waals surface area contributed by atoms with Crippen molar-refractivity contribution in [3.63, 3.8) is 0 Å². The maximum atomic E-state index is 13.4. The van der Waals surface area contributed by atoms with E-state index >= 15 is 0 Å². The largest absolute Gasteiger partial charge is 0.487 e. The van der Waals surface area contributed by atoms with Crippen LogP contribution in [-0.4, -0.2) is 4.98 Å². The Morgan fingerprint density at radius 3 is 2.68 bits per heavy atom. The molecule has 0 saturated heterocycles. The number of hydrogen-bond acceptors (Lipinski definition) is 3. The number of hydrogen-bond donors (Lipinski definition) is 1. The van der Waals surface area contributed by atoms with E-state index in [1.54, 1.807) is 12.1 Å². The van der Waals surface area contributed by atoms with Crippen molar-refractivity contribution < 1.29 is 13.5 Å². The molecule has 0 unspecified atom stereocenters. The van der Waals surface area contributed by atoms with Crippen molar-refractivity contribution in [2.45, 2.75) is 20.1 Å². The molecule has 0 atom stereocenters. The minimum atomic E-state index is -0.630. The second-order valence-corrected chi connectivity index (χ2v) is 4.13. The minimum Gasteiger partial charge on any atom is -0.487 e. The molecule has 2 rings (SSSR count). The normalized spacial score (nSPS) is 10.5. The van der Waals surface area contributed by atoms with E-state index < -0.39 is 11.6 Å². The summed E-state index contributed by atoms with van der Waals surface area (Å²) >= 11 is 0. The van der Waals surface area contributed by atoms with Crippen molar-refractivity contribution in [3.05, 3.63) is 58.9 Å². The van der Waals surface area contributed by atoms with Gasteiger partial charge in [0.1, 0.15) is 24.0 Å². The summed E-state index contributed by atoms with van der Waals surface area (Å²) in [5, 5.41) is 0. The van der Waals surface area contributed by atoms with Crippen molar-refractivity contribution >= 4 is 0 Å². The smallest absolute Gasteiger partial charge is 0.142 e. The number of aromatic nitrogens is 1. The molecular formula is C14H14F2N2O. The standard InChI is InChI=1S/C14H14F2N2O/c1-9-2-5-14(13(7-17)18-9)19-8-10-3-4-11(15)6-12(10)16/h2-6H,7-8,17H2,1H3. The number of nitrogens with two attached hydrogens (primary N) is 1. The number of benzene rings is 1. The second kappa shape index (κ2) is 5.75. The molecule has 3 nitrogen and oxygen atoms in total. The van der Waals surface area contributed by atoms with E-state index in [1.807, 2.05) is 6.92 Å². The van der Waals surface area contributed by atoms with Gasteiger partial charge in [-0.2, -0.15) is 0 Å². The molecule has 0 amide bonds. The summed E-state index contributed by atoms with van der Waals surface area (Å²) in [7, 11) is 0. The highest BCUT2D eigenvalue weighted by Gasteiger charge is 2.08. The molecule has 19 heavy (non-hydrogen) atoms. The maximum Gasteiger partial charge on any atom is 0.142 e. The first-order valence-electron chi connectivity index (χ1n) is 5.83. The van der Waals surface area contributed by atoms with Crippen molar-refractivity contribution in [3.8, 4) is 5.75 Å². The Kier molecular flexibility index (Phi) is 4.06. The van der Waals surface area contributed by atoms with Crippen LogP contribution in [0, 0.1) is 18.6 Å². The lowest BCUT2D eigenvalue weighted by molar-refractivity contribution is 0.294. The zero-order chi connectivity index (χ0) is 13.8. The summed E-state index contributed by atoms with van der Waals surface area (Å²) in [4.78, 5) is 4.24. The Morgan fingerprint density at radius 2 is 2.00 bits per heavy atom. The van der Waals surface area contributed by atoms with E-state index in [0.29, 0.717) is 11.4 Å². The molecule has 0 aliphatic carbocycles. The third kappa shape index (κ3) is 3.26. The average molecular weight is 264 g/mol. The number of halogens is 2. The number of pyridine rings is 1. The first-order chi connectivity index (χ1) is 9.10.